The van der Waals surface area contributed by atoms with Gasteiger partial charge in [-0.05, 0) is 61.6 Å². The van der Waals surface area contributed by atoms with Crippen molar-refractivity contribution in [2.24, 2.45) is 0 Å². The van der Waals surface area contributed by atoms with Gasteiger partial charge in [0.25, 0.3) is 5.91 Å². The highest BCUT2D eigenvalue weighted by molar-refractivity contribution is 7.99. The number of aromatic amines is 1. The van der Waals surface area contributed by atoms with Gasteiger partial charge in [0.2, 0.25) is 0 Å². The van der Waals surface area contributed by atoms with Gasteiger partial charge in [-0.25, -0.2) is 0 Å². The minimum atomic E-state index is -0.0727. The Morgan fingerprint density at radius 1 is 1.09 bits per heavy atom. The van der Waals surface area contributed by atoms with Crippen LogP contribution >= 0.6 is 11.8 Å². The first-order chi connectivity index (χ1) is 15.6. The van der Waals surface area contributed by atoms with Crippen LogP contribution in [-0.4, -0.2) is 18.0 Å². The number of carbonyl (C=O) groups is 1. The molecule has 0 saturated carbocycles. The molecular formula is C27H26N2O2S. The zero-order chi connectivity index (χ0) is 22.1. The average Bonchev–Trinajstić information content (AvgIpc) is 3.18. The number of rotatable bonds is 5. The van der Waals surface area contributed by atoms with E-state index in [0.29, 0.717) is 5.69 Å². The number of fused-ring (bicyclic) bond motifs is 2. The number of carbonyl (C=O) groups excluding carboxylic acids is 1. The summed E-state index contributed by atoms with van der Waals surface area (Å²) in [5, 5.41) is 4.32. The van der Waals surface area contributed by atoms with E-state index in [1.807, 2.05) is 18.2 Å². The molecule has 3 aromatic carbocycles. The smallest absolute Gasteiger partial charge is 0.269 e. The number of ether oxygens (including phenoxy) is 1. The topological polar surface area (TPSA) is 54.1 Å². The van der Waals surface area contributed by atoms with E-state index in [1.165, 1.54) is 16.7 Å². The molecule has 0 radical (unpaired) electrons. The first kappa shape index (κ1) is 20.7. The maximum Gasteiger partial charge on any atom is 0.269 e. The molecule has 0 bridgehead atoms. The zero-order valence-corrected chi connectivity index (χ0v) is 19.1. The number of nitrogens with one attached hydrogen (secondary N) is 2. The van der Waals surface area contributed by atoms with Crippen molar-refractivity contribution in [3.8, 4) is 5.75 Å². The fraction of sp³-hybridized carbons (Fsp3) is 0.222. The summed E-state index contributed by atoms with van der Waals surface area (Å²) in [5.41, 5.74) is 5.28. The molecule has 1 unspecified atom stereocenters. The lowest BCUT2D eigenvalue weighted by molar-refractivity contribution is 0.0925. The number of methoxy groups -OCH3 is 1. The molecule has 1 aromatic heterocycles. The first-order valence-corrected chi connectivity index (χ1v) is 11.8. The average molecular weight is 443 g/mol. The fourth-order valence-corrected chi connectivity index (χ4v) is 5.44. The fourth-order valence-electron chi connectivity index (χ4n) is 4.40. The van der Waals surface area contributed by atoms with Crippen LogP contribution in [0.1, 0.15) is 46.1 Å². The third-order valence-corrected chi connectivity index (χ3v) is 7.24. The van der Waals surface area contributed by atoms with Gasteiger partial charge in [0.05, 0.1) is 23.6 Å². The van der Waals surface area contributed by atoms with E-state index in [2.05, 4.69) is 65.8 Å². The number of benzene rings is 3. The minimum Gasteiger partial charge on any atom is -0.497 e. The Balaban J connectivity index is 1.52. The van der Waals surface area contributed by atoms with Crippen LogP contribution in [0.15, 0.2) is 76.5 Å². The SMILES string of the molecule is COc1ccc2c(Sc3ccc(C)cc3)c(C(=O)NC3CCCc4ccccc43)[nH]c2c1. The standard InChI is InChI=1S/C27H26N2O2S/c1-17-10-13-20(14-11-17)32-26-22-15-12-19(31-2)16-24(22)28-25(26)27(30)29-23-9-5-7-18-6-3-4-8-21(18)23/h3-4,6,8,10-16,23,28H,5,7,9H2,1-2H3,(H,29,30). The molecule has 1 aliphatic rings. The van der Waals surface area contributed by atoms with Gasteiger partial charge in [-0.3, -0.25) is 4.79 Å². The molecule has 2 N–H and O–H groups in total. The van der Waals surface area contributed by atoms with Crippen molar-refractivity contribution in [3.63, 3.8) is 0 Å². The molecule has 1 amide bonds. The summed E-state index contributed by atoms with van der Waals surface area (Å²) in [6.07, 6.45) is 3.11. The minimum absolute atomic E-state index is 0.0330. The number of aryl methyl sites for hydroxylation is 2. The molecule has 5 rings (SSSR count). The molecule has 1 aliphatic carbocycles. The van der Waals surface area contributed by atoms with Gasteiger partial charge in [-0.15, -0.1) is 0 Å². The monoisotopic (exact) mass is 442 g/mol. The van der Waals surface area contributed by atoms with Crippen LogP contribution in [0.5, 0.6) is 5.75 Å². The molecule has 0 spiro atoms. The number of aromatic nitrogens is 1. The first-order valence-electron chi connectivity index (χ1n) is 11.0. The van der Waals surface area contributed by atoms with Gasteiger partial charge >= 0.3 is 0 Å². The molecule has 4 aromatic rings. The number of hydrogen-bond donors (Lipinski definition) is 2. The highest BCUT2D eigenvalue weighted by Gasteiger charge is 2.25. The van der Waals surface area contributed by atoms with E-state index in [1.54, 1.807) is 18.9 Å². The Labute approximate surface area is 192 Å². The highest BCUT2D eigenvalue weighted by Crippen LogP contribution is 2.38. The summed E-state index contributed by atoms with van der Waals surface area (Å²) in [5.74, 6) is 0.690. The van der Waals surface area contributed by atoms with Crippen LogP contribution in [0.2, 0.25) is 0 Å². The van der Waals surface area contributed by atoms with Crippen LogP contribution < -0.4 is 10.1 Å². The molecule has 0 saturated heterocycles. The summed E-state index contributed by atoms with van der Waals surface area (Å²) in [7, 11) is 1.65. The van der Waals surface area contributed by atoms with E-state index in [9.17, 15) is 4.79 Å². The van der Waals surface area contributed by atoms with Crippen molar-refractivity contribution >= 4 is 28.6 Å². The molecule has 0 fully saturated rings. The van der Waals surface area contributed by atoms with Crippen molar-refractivity contribution in [2.75, 3.05) is 7.11 Å². The predicted molar refractivity (Wildman–Crippen MR) is 130 cm³/mol. The predicted octanol–water partition coefficient (Wildman–Crippen LogP) is 6.44. The van der Waals surface area contributed by atoms with Gasteiger partial charge in [0.15, 0.2) is 0 Å². The molecule has 5 heteroatoms. The Hall–Kier alpha value is -3.18. The maximum absolute atomic E-state index is 13.5. The number of hydrogen-bond acceptors (Lipinski definition) is 3. The summed E-state index contributed by atoms with van der Waals surface area (Å²) in [6.45, 7) is 2.08. The molecule has 1 heterocycles. The van der Waals surface area contributed by atoms with E-state index < -0.39 is 0 Å². The third-order valence-electron chi connectivity index (χ3n) is 6.10. The normalized spacial score (nSPS) is 15.4. The summed E-state index contributed by atoms with van der Waals surface area (Å²) in [4.78, 5) is 18.9. The van der Waals surface area contributed by atoms with E-state index >= 15 is 0 Å². The summed E-state index contributed by atoms with van der Waals surface area (Å²) >= 11 is 1.62. The Morgan fingerprint density at radius 3 is 2.72 bits per heavy atom. The van der Waals surface area contributed by atoms with Crippen molar-refractivity contribution in [2.45, 2.75) is 42.0 Å². The second-order valence-electron chi connectivity index (χ2n) is 8.27. The lowest BCUT2D eigenvalue weighted by Gasteiger charge is -2.26. The van der Waals surface area contributed by atoms with Gasteiger partial charge in [-0.1, -0.05) is 53.7 Å². The lowest BCUT2D eigenvalue weighted by atomic mass is 9.87. The van der Waals surface area contributed by atoms with E-state index in [4.69, 9.17) is 4.74 Å². The van der Waals surface area contributed by atoms with Crippen molar-refractivity contribution in [1.82, 2.24) is 10.3 Å². The van der Waals surface area contributed by atoms with Crippen LogP contribution in [0.25, 0.3) is 10.9 Å². The van der Waals surface area contributed by atoms with Crippen LogP contribution in [-0.2, 0) is 6.42 Å². The van der Waals surface area contributed by atoms with Crippen molar-refractivity contribution in [3.05, 3.63) is 89.1 Å². The van der Waals surface area contributed by atoms with Crippen LogP contribution in [0.4, 0.5) is 0 Å². The third kappa shape index (κ3) is 4.00. The van der Waals surface area contributed by atoms with Gasteiger partial charge < -0.3 is 15.0 Å². The van der Waals surface area contributed by atoms with E-state index in [-0.39, 0.29) is 11.9 Å². The second-order valence-corrected chi connectivity index (χ2v) is 9.36. The zero-order valence-electron chi connectivity index (χ0n) is 18.3. The van der Waals surface area contributed by atoms with Gasteiger partial charge in [0, 0.05) is 16.3 Å². The highest BCUT2D eigenvalue weighted by atomic mass is 32.2. The Morgan fingerprint density at radius 2 is 1.91 bits per heavy atom. The van der Waals surface area contributed by atoms with Gasteiger partial charge in [-0.2, -0.15) is 0 Å². The summed E-state index contributed by atoms with van der Waals surface area (Å²) in [6, 6.07) is 22.8. The largest absolute Gasteiger partial charge is 0.497 e. The molecule has 32 heavy (non-hydrogen) atoms. The van der Waals surface area contributed by atoms with Gasteiger partial charge in [0.1, 0.15) is 11.4 Å². The van der Waals surface area contributed by atoms with Crippen LogP contribution in [0.3, 0.4) is 0 Å². The van der Waals surface area contributed by atoms with E-state index in [0.717, 1.165) is 45.7 Å². The maximum atomic E-state index is 13.5. The molecule has 0 aliphatic heterocycles. The Bertz CT molecular complexity index is 1280. The van der Waals surface area contributed by atoms with Crippen molar-refractivity contribution in [1.29, 1.82) is 0 Å². The molecular weight excluding hydrogens is 416 g/mol. The number of amides is 1. The summed E-state index contributed by atoms with van der Waals surface area (Å²) < 4.78 is 5.40. The quantitative estimate of drug-likeness (QED) is 0.374. The Kier molecular flexibility index (Phi) is 5.66. The van der Waals surface area contributed by atoms with Crippen LogP contribution in [0, 0.1) is 6.92 Å². The second kappa shape index (κ2) is 8.75. The van der Waals surface area contributed by atoms with Crippen molar-refractivity contribution < 1.29 is 9.53 Å². The molecule has 162 valence electrons. The molecule has 4 nitrogen and oxygen atoms in total. The lowest BCUT2D eigenvalue weighted by Crippen LogP contribution is -2.31. The molecule has 1 atom stereocenters. The number of H-pyrrole nitrogens is 1.